The smallest absolute Gasteiger partial charge is 0.270 e. The van der Waals surface area contributed by atoms with E-state index in [1.54, 1.807) is 7.11 Å². The highest BCUT2D eigenvalue weighted by atomic mass is 79.9. The maximum atomic E-state index is 12.6. The molecule has 1 amide bonds. The molecule has 0 unspecified atom stereocenters. The quantitative estimate of drug-likeness (QED) is 0.623. The summed E-state index contributed by atoms with van der Waals surface area (Å²) in [5.74, 6) is 1.33. The Morgan fingerprint density at radius 2 is 1.92 bits per heavy atom. The van der Waals surface area contributed by atoms with E-state index in [4.69, 9.17) is 9.47 Å². The summed E-state index contributed by atoms with van der Waals surface area (Å²) in [6, 6.07) is 9.29. The van der Waals surface area contributed by atoms with E-state index in [0.717, 1.165) is 27.2 Å². The van der Waals surface area contributed by atoms with E-state index in [1.807, 2.05) is 54.8 Å². The lowest BCUT2D eigenvalue weighted by molar-refractivity contribution is 0.0940. The van der Waals surface area contributed by atoms with Crippen molar-refractivity contribution in [3.8, 4) is 11.5 Å². The molecule has 7 heteroatoms. The number of ether oxygens (including phenoxy) is 2. The second-order valence-corrected chi connectivity index (χ2v) is 6.78. The predicted octanol–water partition coefficient (Wildman–Crippen LogP) is 3.53. The number of hydrogen-bond donors (Lipinski definition) is 1. The van der Waals surface area contributed by atoms with E-state index in [-0.39, 0.29) is 5.91 Å². The molecule has 136 valence electrons. The number of imidazole rings is 1. The van der Waals surface area contributed by atoms with Crippen LogP contribution in [0.15, 0.2) is 41.0 Å². The van der Waals surface area contributed by atoms with Crippen molar-refractivity contribution >= 4 is 27.5 Å². The number of pyridine rings is 1. The number of halogens is 1. The van der Waals surface area contributed by atoms with Crippen molar-refractivity contribution in [2.75, 3.05) is 20.3 Å². The Balaban J connectivity index is 1.63. The maximum absolute atomic E-state index is 12.6. The lowest BCUT2D eigenvalue weighted by atomic mass is 10.3. The van der Waals surface area contributed by atoms with Crippen molar-refractivity contribution in [3.05, 3.63) is 58.0 Å². The maximum Gasteiger partial charge on any atom is 0.270 e. The molecule has 0 aliphatic carbocycles. The molecule has 0 bridgehead atoms. The van der Waals surface area contributed by atoms with Crippen molar-refractivity contribution in [1.82, 2.24) is 14.7 Å². The molecule has 26 heavy (non-hydrogen) atoms. The minimum Gasteiger partial charge on any atom is -0.497 e. The van der Waals surface area contributed by atoms with Gasteiger partial charge in [-0.1, -0.05) is 0 Å². The van der Waals surface area contributed by atoms with Crippen molar-refractivity contribution in [3.63, 3.8) is 0 Å². The lowest BCUT2D eigenvalue weighted by Crippen LogP contribution is -2.29. The summed E-state index contributed by atoms with van der Waals surface area (Å²) in [5, 5.41) is 2.89. The molecule has 6 nitrogen and oxygen atoms in total. The van der Waals surface area contributed by atoms with Crippen LogP contribution in [0.2, 0.25) is 0 Å². The molecule has 0 fully saturated rings. The van der Waals surface area contributed by atoms with Crippen LogP contribution in [-0.2, 0) is 0 Å². The minimum absolute atomic E-state index is 0.175. The predicted molar refractivity (Wildman–Crippen MR) is 103 cm³/mol. The fourth-order valence-electron chi connectivity index (χ4n) is 2.74. The molecule has 0 saturated heterocycles. The molecule has 3 rings (SSSR count). The van der Waals surface area contributed by atoms with Gasteiger partial charge < -0.3 is 14.8 Å². The SMILES string of the molecule is COc1ccc(OCCNC(=O)c2c(C)nc3c(C)cc(Br)cn23)cc1. The summed E-state index contributed by atoms with van der Waals surface area (Å²) in [7, 11) is 1.62. The van der Waals surface area contributed by atoms with Gasteiger partial charge in [-0.25, -0.2) is 4.98 Å². The third-order valence-electron chi connectivity index (χ3n) is 3.98. The van der Waals surface area contributed by atoms with Crippen LogP contribution in [0.25, 0.3) is 5.65 Å². The van der Waals surface area contributed by atoms with Crippen molar-refractivity contribution in [2.45, 2.75) is 13.8 Å². The molecule has 0 radical (unpaired) electrons. The van der Waals surface area contributed by atoms with Crippen LogP contribution in [0.1, 0.15) is 21.7 Å². The van der Waals surface area contributed by atoms with Crippen LogP contribution in [0, 0.1) is 13.8 Å². The van der Waals surface area contributed by atoms with Crippen molar-refractivity contribution in [1.29, 1.82) is 0 Å². The topological polar surface area (TPSA) is 64.9 Å². The highest BCUT2D eigenvalue weighted by Crippen LogP contribution is 2.20. The zero-order valence-electron chi connectivity index (χ0n) is 14.9. The van der Waals surface area contributed by atoms with Crippen LogP contribution >= 0.6 is 15.9 Å². The first kappa shape index (κ1) is 18.3. The second kappa shape index (κ2) is 7.78. The molecular formula is C19H20BrN3O3. The lowest BCUT2D eigenvalue weighted by Gasteiger charge is -2.09. The standard InChI is InChI=1S/C19H20BrN3O3/c1-12-10-14(20)11-23-17(13(2)22-18(12)23)19(24)21-8-9-26-16-6-4-15(25-3)5-7-16/h4-7,10-11H,8-9H2,1-3H3,(H,21,24). The molecule has 0 saturated carbocycles. The number of hydrogen-bond acceptors (Lipinski definition) is 4. The second-order valence-electron chi connectivity index (χ2n) is 5.86. The van der Waals surface area contributed by atoms with Crippen LogP contribution in [0.4, 0.5) is 0 Å². The molecule has 0 aliphatic heterocycles. The third kappa shape index (κ3) is 3.83. The first-order chi connectivity index (χ1) is 12.5. The third-order valence-corrected chi connectivity index (χ3v) is 4.41. The summed E-state index contributed by atoms with van der Waals surface area (Å²) in [6.07, 6.45) is 1.85. The van der Waals surface area contributed by atoms with E-state index in [1.165, 1.54) is 0 Å². The zero-order valence-corrected chi connectivity index (χ0v) is 16.5. The van der Waals surface area contributed by atoms with Gasteiger partial charge in [-0.3, -0.25) is 9.20 Å². The molecule has 1 aromatic carbocycles. The molecule has 2 aromatic heterocycles. The Labute approximate surface area is 160 Å². The monoisotopic (exact) mass is 417 g/mol. The van der Waals surface area contributed by atoms with Gasteiger partial charge >= 0.3 is 0 Å². The normalized spacial score (nSPS) is 10.8. The number of carbonyl (C=O) groups is 1. The van der Waals surface area contributed by atoms with E-state index in [2.05, 4.69) is 26.2 Å². The number of benzene rings is 1. The minimum atomic E-state index is -0.175. The highest BCUT2D eigenvalue weighted by Gasteiger charge is 2.17. The van der Waals surface area contributed by atoms with Crippen LogP contribution in [0.3, 0.4) is 0 Å². The molecule has 3 aromatic rings. The molecule has 0 atom stereocenters. The number of methoxy groups -OCH3 is 1. The van der Waals surface area contributed by atoms with Gasteiger partial charge in [0.25, 0.3) is 5.91 Å². The summed E-state index contributed by atoms with van der Waals surface area (Å²) < 4.78 is 13.4. The average Bonchev–Trinajstić information content (AvgIpc) is 2.95. The Morgan fingerprint density at radius 1 is 1.23 bits per heavy atom. The first-order valence-corrected chi connectivity index (χ1v) is 8.98. The summed E-state index contributed by atoms with van der Waals surface area (Å²) in [4.78, 5) is 17.1. The molecule has 0 spiro atoms. The van der Waals surface area contributed by atoms with Gasteiger partial charge in [0, 0.05) is 10.7 Å². The van der Waals surface area contributed by atoms with Crippen molar-refractivity contribution in [2.24, 2.45) is 0 Å². The number of nitrogens with one attached hydrogen (secondary N) is 1. The Hall–Kier alpha value is -2.54. The van der Waals surface area contributed by atoms with Gasteiger partial charge in [-0.05, 0) is 65.7 Å². The highest BCUT2D eigenvalue weighted by molar-refractivity contribution is 9.10. The Morgan fingerprint density at radius 3 is 2.62 bits per heavy atom. The van der Waals surface area contributed by atoms with Crippen LogP contribution in [0.5, 0.6) is 11.5 Å². The average molecular weight is 418 g/mol. The number of amides is 1. The molecule has 0 aliphatic rings. The van der Waals surface area contributed by atoms with E-state index in [0.29, 0.717) is 24.5 Å². The largest absolute Gasteiger partial charge is 0.497 e. The van der Waals surface area contributed by atoms with Gasteiger partial charge in [0.2, 0.25) is 0 Å². The van der Waals surface area contributed by atoms with Gasteiger partial charge in [0.1, 0.15) is 29.4 Å². The van der Waals surface area contributed by atoms with Crippen LogP contribution < -0.4 is 14.8 Å². The van der Waals surface area contributed by atoms with Gasteiger partial charge in [0.15, 0.2) is 0 Å². The summed E-state index contributed by atoms with van der Waals surface area (Å²) in [6.45, 7) is 4.57. The number of carbonyl (C=O) groups excluding carboxylic acids is 1. The first-order valence-electron chi connectivity index (χ1n) is 8.19. The van der Waals surface area contributed by atoms with Crippen molar-refractivity contribution < 1.29 is 14.3 Å². The van der Waals surface area contributed by atoms with E-state index >= 15 is 0 Å². The fraction of sp³-hybridized carbons (Fsp3) is 0.263. The number of nitrogens with zero attached hydrogens (tertiary/aromatic N) is 2. The molecule has 2 heterocycles. The Kier molecular flexibility index (Phi) is 5.46. The fourth-order valence-corrected chi connectivity index (χ4v) is 3.29. The number of aromatic nitrogens is 2. The molecular weight excluding hydrogens is 398 g/mol. The number of rotatable bonds is 6. The Bertz CT molecular complexity index is 935. The van der Waals surface area contributed by atoms with Gasteiger partial charge in [-0.2, -0.15) is 0 Å². The summed E-state index contributed by atoms with van der Waals surface area (Å²) in [5.41, 5.74) is 3.02. The molecule has 1 N–H and O–H groups in total. The van der Waals surface area contributed by atoms with E-state index < -0.39 is 0 Å². The van der Waals surface area contributed by atoms with Gasteiger partial charge in [0.05, 0.1) is 19.3 Å². The summed E-state index contributed by atoms with van der Waals surface area (Å²) >= 11 is 3.47. The number of aryl methyl sites for hydroxylation is 2. The number of fused-ring (bicyclic) bond motifs is 1. The van der Waals surface area contributed by atoms with Gasteiger partial charge in [-0.15, -0.1) is 0 Å². The van der Waals surface area contributed by atoms with E-state index in [9.17, 15) is 4.79 Å². The van der Waals surface area contributed by atoms with Crippen LogP contribution in [-0.4, -0.2) is 35.6 Å². The zero-order chi connectivity index (χ0) is 18.7.